The lowest BCUT2D eigenvalue weighted by Gasteiger charge is -2.19. The third-order valence-electron chi connectivity index (χ3n) is 3.35. The molecule has 0 atom stereocenters. The summed E-state index contributed by atoms with van der Waals surface area (Å²) in [5.74, 6) is -0.242. The van der Waals surface area contributed by atoms with E-state index < -0.39 is 11.7 Å². The number of halogens is 3. The number of nitrogens with zero attached hydrogens (tertiary/aromatic N) is 3. The Bertz CT molecular complexity index is 742. The highest BCUT2D eigenvalue weighted by Crippen LogP contribution is 2.32. The van der Waals surface area contributed by atoms with Gasteiger partial charge in [0.15, 0.2) is 5.57 Å². The Balaban J connectivity index is 3.05. The van der Waals surface area contributed by atoms with Crippen molar-refractivity contribution in [1.29, 1.82) is 10.5 Å². The van der Waals surface area contributed by atoms with Gasteiger partial charge in [0.1, 0.15) is 17.2 Å². The molecule has 0 aliphatic heterocycles. The lowest BCUT2D eigenvalue weighted by atomic mass is 10.2. The summed E-state index contributed by atoms with van der Waals surface area (Å²) in [4.78, 5) is 13.7. The molecule has 1 amide bonds. The number of nitrogens with one attached hydrogen (secondary N) is 1. The zero-order valence-corrected chi connectivity index (χ0v) is 15.0. The minimum atomic E-state index is -4.51. The number of carbonyl (C=O) groups is 1. The van der Waals surface area contributed by atoms with Gasteiger partial charge in [-0.05, 0) is 32.0 Å². The second kappa shape index (κ2) is 9.73. The van der Waals surface area contributed by atoms with E-state index in [4.69, 9.17) is 10.5 Å². The molecule has 26 heavy (non-hydrogen) atoms. The summed E-state index contributed by atoms with van der Waals surface area (Å²) in [6.07, 6.45) is -4.51. The van der Waals surface area contributed by atoms with Crippen molar-refractivity contribution >= 4 is 23.4 Å². The molecule has 5 nitrogen and oxygen atoms in total. The van der Waals surface area contributed by atoms with Crippen LogP contribution >= 0.6 is 11.8 Å². The summed E-state index contributed by atoms with van der Waals surface area (Å²) < 4.78 is 38.5. The average Bonchev–Trinajstić information content (AvgIpc) is 2.61. The molecule has 0 heterocycles. The SMILES string of the molecule is CCN(CC)C(=O)CSC(Nc1cccc(C(F)(F)F)c1)=C(C#N)C#N. The molecule has 0 unspecified atom stereocenters. The zero-order chi connectivity index (χ0) is 19.7. The summed E-state index contributed by atoms with van der Waals surface area (Å²) in [6, 6.07) is 7.76. The smallest absolute Gasteiger partial charge is 0.349 e. The molecular weight excluding hydrogens is 365 g/mol. The van der Waals surface area contributed by atoms with E-state index in [1.54, 1.807) is 17.0 Å². The van der Waals surface area contributed by atoms with E-state index in [-0.39, 0.29) is 27.9 Å². The maximum Gasteiger partial charge on any atom is 0.416 e. The predicted octanol–water partition coefficient (Wildman–Crippen LogP) is 3.98. The molecule has 138 valence electrons. The molecule has 9 heteroatoms. The van der Waals surface area contributed by atoms with Crippen molar-refractivity contribution in [2.45, 2.75) is 20.0 Å². The summed E-state index contributed by atoms with van der Waals surface area (Å²) in [5, 5.41) is 20.8. The first-order valence-corrected chi connectivity index (χ1v) is 8.64. The van der Waals surface area contributed by atoms with Crippen LogP contribution in [0.3, 0.4) is 0 Å². The number of amides is 1. The van der Waals surface area contributed by atoms with Crippen LogP contribution in [0.2, 0.25) is 0 Å². The maximum absolute atomic E-state index is 12.8. The van der Waals surface area contributed by atoms with E-state index in [2.05, 4.69) is 5.32 Å². The first kappa shape index (κ1) is 21.4. The summed E-state index contributed by atoms with van der Waals surface area (Å²) >= 11 is 0.905. The third kappa shape index (κ3) is 6.01. The molecule has 1 aromatic rings. The normalized spacial score (nSPS) is 10.4. The highest BCUT2D eigenvalue weighted by molar-refractivity contribution is 8.03. The van der Waals surface area contributed by atoms with Gasteiger partial charge < -0.3 is 10.2 Å². The van der Waals surface area contributed by atoms with Gasteiger partial charge in [0.05, 0.1) is 11.3 Å². The number of alkyl halides is 3. The fraction of sp³-hybridized carbons (Fsp3) is 0.353. The first-order chi connectivity index (χ1) is 12.3. The Labute approximate surface area is 154 Å². The Kier molecular flexibility index (Phi) is 8.01. The van der Waals surface area contributed by atoms with Gasteiger partial charge in [0, 0.05) is 18.8 Å². The fourth-order valence-electron chi connectivity index (χ4n) is 2.00. The van der Waals surface area contributed by atoms with Crippen LogP contribution in [0.5, 0.6) is 0 Å². The van der Waals surface area contributed by atoms with Crippen molar-refractivity contribution in [2.75, 3.05) is 24.2 Å². The molecule has 0 aliphatic rings. The largest absolute Gasteiger partial charge is 0.416 e. The number of benzene rings is 1. The van der Waals surface area contributed by atoms with E-state index in [0.29, 0.717) is 13.1 Å². The monoisotopic (exact) mass is 382 g/mol. The highest BCUT2D eigenvalue weighted by atomic mass is 32.2. The molecule has 0 bridgehead atoms. The molecule has 0 aromatic heterocycles. The van der Waals surface area contributed by atoms with Gasteiger partial charge in [-0.2, -0.15) is 23.7 Å². The van der Waals surface area contributed by atoms with Crippen LogP contribution in [0.15, 0.2) is 34.9 Å². The van der Waals surface area contributed by atoms with Gasteiger partial charge in [0.25, 0.3) is 0 Å². The van der Waals surface area contributed by atoms with Crippen LogP contribution in [-0.4, -0.2) is 29.6 Å². The molecule has 1 rings (SSSR count). The highest BCUT2D eigenvalue weighted by Gasteiger charge is 2.30. The number of carbonyl (C=O) groups excluding carboxylic acids is 1. The minimum Gasteiger partial charge on any atom is -0.349 e. The molecule has 0 saturated heterocycles. The number of nitriles is 2. The van der Waals surface area contributed by atoms with Crippen LogP contribution in [0.25, 0.3) is 0 Å². The molecule has 1 aromatic carbocycles. The quantitative estimate of drug-likeness (QED) is 0.722. The molecule has 0 saturated carbocycles. The van der Waals surface area contributed by atoms with Gasteiger partial charge in [-0.25, -0.2) is 0 Å². The van der Waals surface area contributed by atoms with Gasteiger partial charge in [-0.1, -0.05) is 17.8 Å². The molecule has 0 fully saturated rings. The van der Waals surface area contributed by atoms with Crippen LogP contribution < -0.4 is 5.32 Å². The number of allylic oxidation sites excluding steroid dienone is 1. The molecule has 0 spiro atoms. The second-order valence-electron chi connectivity index (χ2n) is 4.99. The molecular formula is C17H17F3N4OS. The standard InChI is InChI=1S/C17H17F3N4OS/c1-3-24(4-2)15(25)11-26-16(12(9-21)10-22)23-14-7-5-6-13(8-14)17(18,19)20/h5-8,23H,3-4,11H2,1-2H3. The van der Waals surface area contributed by atoms with Crippen LogP contribution in [0, 0.1) is 22.7 Å². The predicted molar refractivity (Wildman–Crippen MR) is 93.7 cm³/mol. The summed E-state index contributed by atoms with van der Waals surface area (Å²) in [7, 11) is 0. The van der Waals surface area contributed by atoms with Crippen molar-refractivity contribution in [2.24, 2.45) is 0 Å². The summed E-state index contributed by atoms with van der Waals surface area (Å²) in [5.41, 5.74) is -1.10. The van der Waals surface area contributed by atoms with Crippen LogP contribution in [0.1, 0.15) is 19.4 Å². The number of thioether (sulfide) groups is 1. The topological polar surface area (TPSA) is 79.9 Å². The second-order valence-corrected chi connectivity index (χ2v) is 5.97. The number of rotatable bonds is 7. The third-order valence-corrected chi connectivity index (χ3v) is 4.34. The van der Waals surface area contributed by atoms with Crippen LogP contribution in [-0.2, 0) is 11.0 Å². The molecule has 0 radical (unpaired) electrons. The number of hydrogen-bond acceptors (Lipinski definition) is 5. The molecule has 1 N–H and O–H groups in total. The fourth-order valence-corrected chi connectivity index (χ4v) is 2.88. The Hall–Kier alpha value is -2.65. The van der Waals surface area contributed by atoms with E-state index in [1.165, 1.54) is 12.1 Å². The number of hydrogen-bond donors (Lipinski definition) is 1. The van der Waals surface area contributed by atoms with E-state index in [1.807, 2.05) is 13.8 Å². The van der Waals surface area contributed by atoms with E-state index >= 15 is 0 Å². The van der Waals surface area contributed by atoms with E-state index in [9.17, 15) is 18.0 Å². The first-order valence-electron chi connectivity index (χ1n) is 7.66. The van der Waals surface area contributed by atoms with Gasteiger partial charge >= 0.3 is 6.18 Å². The molecule has 0 aliphatic carbocycles. The Morgan fingerprint density at radius 2 is 1.85 bits per heavy atom. The van der Waals surface area contributed by atoms with Crippen LogP contribution in [0.4, 0.5) is 18.9 Å². The van der Waals surface area contributed by atoms with Gasteiger partial charge in [-0.3, -0.25) is 4.79 Å². The van der Waals surface area contributed by atoms with Crippen molar-refractivity contribution in [1.82, 2.24) is 4.90 Å². The van der Waals surface area contributed by atoms with Crippen molar-refractivity contribution in [3.63, 3.8) is 0 Å². The lowest BCUT2D eigenvalue weighted by Crippen LogP contribution is -2.32. The van der Waals surface area contributed by atoms with Crippen molar-refractivity contribution < 1.29 is 18.0 Å². The zero-order valence-electron chi connectivity index (χ0n) is 14.2. The minimum absolute atomic E-state index is 0.0369. The van der Waals surface area contributed by atoms with Gasteiger partial charge in [0.2, 0.25) is 5.91 Å². The maximum atomic E-state index is 12.8. The lowest BCUT2D eigenvalue weighted by molar-refractivity contribution is -0.137. The Morgan fingerprint density at radius 1 is 1.23 bits per heavy atom. The number of anilines is 1. The average molecular weight is 382 g/mol. The van der Waals surface area contributed by atoms with Crippen molar-refractivity contribution in [3.05, 3.63) is 40.4 Å². The summed E-state index contributed by atoms with van der Waals surface area (Å²) in [6.45, 7) is 4.66. The van der Waals surface area contributed by atoms with Gasteiger partial charge in [-0.15, -0.1) is 0 Å². The van der Waals surface area contributed by atoms with E-state index in [0.717, 1.165) is 23.9 Å². The Morgan fingerprint density at radius 3 is 2.35 bits per heavy atom. The van der Waals surface area contributed by atoms with Crippen molar-refractivity contribution in [3.8, 4) is 12.1 Å².